The maximum absolute atomic E-state index is 3.74. The van der Waals surface area contributed by atoms with Gasteiger partial charge in [0, 0.05) is 30.7 Å². The molecule has 2 rings (SSSR count). The van der Waals surface area contributed by atoms with Crippen molar-refractivity contribution < 1.29 is 0 Å². The fourth-order valence-electron chi connectivity index (χ4n) is 3.80. The van der Waals surface area contributed by atoms with Crippen LogP contribution in [0.1, 0.15) is 66.2 Å². The van der Waals surface area contributed by atoms with E-state index in [-0.39, 0.29) is 0 Å². The van der Waals surface area contributed by atoms with E-state index in [2.05, 4.69) is 37.9 Å². The van der Waals surface area contributed by atoms with Crippen LogP contribution in [0.15, 0.2) is 0 Å². The highest BCUT2D eigenvalue weighted by atomic mass is 15.3. The minimum atomic E-state index is 0.329. The van der Waals surface area contributed by atoms with Crippen molar-refractivity contribution in [2.75, 3.05) is 13.1 Å². The van der Waals surface area contributed by atoms with Crippen molar-refractivity contribution in [2.45, 2.75) is 83.8 Å². The lowest BCUT2D eigenvalue weighted by atomic mass is 9.82. The molecule has 0 aromatic heterocycles. The van der Waals surface area contributed by atoms with Gasteiger partial charge in [-0.3, -0.25) is 4.90 Å². The van der Waals surface area contributed by atoms with Crippen molar-refractivity contribution >= 4 is 0 Å². The van der Waals surface area contributed by atoms with Gasteiger partial charge in [-0.25, -0.2) is 0 Å². The van der Waals surface area contributed by atoms with Crippen LogP contribution >= 0.6 is 0 Å². The summed E-state index contributed by atoms with van der Waals surface area (Å²) in [5.41, 5.74) is 0.329. The van der Waals surface area contributed by atoms with E-state index in [1.165, 1.54) is 45.1 Å². The van der Waals surface area contributed by atoms with Gasteiger partial charge in [-0.15, -0.1) is 0 Å². The molecule has 3 atom stereocenters. The molecule has 0 aromatic rings. The third-order valence-electron chi connectivity index (χ3n) is 5.56. The van der Waals surface area contributed by atoms with Gasteiger partial charge < -0.3 is 5.32 Å². The quantitative estimate of drug-likeness (QED) is 0.828. The highest BCUT2D eigenvalue weighted by Crippen LogP contribution is 2.31. The normalized spacial score (nSPS) is 37.7. The number of piperazine rings is 1. The zero-order valence-corrected chi connectivity index (χ0v) is 12.8. The van der Waals surface area contributed by atoms with Crippen LogP contribution in [-0.2, 0) is 0 Å². The molecular formula is C16H32N2. The topological polar surface area (TPSA) is 15.3 Å². The molecule has 1 N–H and O–H groups in total. The predicted octanol–water partition coefficient (Wildman–Crippen LogP) is 3.42. The lowest BCUT2D eigenvalue weighted by molar-refractivity contribution is 0.0283. The maximum Gasteiger partial charge on any atom is 0.0278 e. The van der Waals surface area contributed by atoms with Crippen LogP contribution in [0.25, 0.3) is 0 Å². The van der Waals surface area contributed by atoms with Crippen LogP contribution in [-0.4, -0.2) is 35.6 Å². The van der Waals surface area contributed by atoms with E-state index in [0.29, 0.717) is 11.6 Å². The molecule has 0 bridgehead atoms. The standard InChI is InChI=1S/C16H32N2/c1-5-16(4)12-18(13(2)11-17-16)14(3)15-9-7-6-8-10-15/h13-15,17H,5-12H2,1-4H3. The zero-order valence-electron chi connectivity index (χ0n) is 12.8. The van der Waals surface area contributed by atoms with Crippen molar-refractivity contribution in [1.29, 1.82) is 0 Å². The summed E-state index contributed by atoms with van der Waals surface area (Å²) in [6.07, 6.45) is 8.53. The summed E-state index contributed by atoms with van der Waals surface area (Å²) in [5.74, 6) is 0.945. The Morgan fingerprint density at radius 1 is 1.28 bits per heavy atom. The van der Waals surface area contributed by atoms with E-state index >= 15 is 0 Å². The van der Waals surface area contributed by atoms with Crippen molar-refractivity contribution in [3.8, 4) is 0 Å². The van der Waals surface area contributed by atoms with Crippen LogP contribution in [0.3, 0.4) is 0 Å². The number of hydrogen-bond donors (Lipinski definition) is 1. The molecule has 2 aliphatic rings. The third-order valence-corrected chi connectivity index (χ3v) is 5.56. The number of nitrogens with one attached hydrogen (secondary N) is 1. The van der Waals surface area contributed by atoms with Crippen molar-refractivity contribution in [3.05, 3.63) is 0 Å². The Hall–Kier alpha value is -0.0800. The Morgan fingerprint density at radius 2 is 1.94 bits per heavy atom. The van der Waals surface area contributed by atoms with Gasteiger partial charge in [0.1, 0.15) is 0 Å². The smallest absolute Gasteiger partial charge is 0.0278 e. The van der Waals surface area contributed by atoms with Gasteiger partial charge in [0.25, 0.3) is 0 Å². The molecule has 1 saturated carbocycles. The monoisotopic (exact) mass is 252 g/mol. The van der Waals surface area contributed by atoms with E-state index in [0.717, 1.165) is 18.5 Å². The molecule has 1 aliphatic heterocycles. The van der Waals surface area contributed by atoms with E-state index in [1.54, 1.807) is 0 Å². The molecule has 1 heterocycles. The van der Waals surface area contributed by atoms with Gasteiger partial charge in [-0.1, -0.05) is 26.2 Å². The molecule has 106 valence electrons. The molecule has 0 amide bonds. The van der Waals surface area contributed by atoms with E-state index in [4.69, 9.17) is 0 Å². The second-order valence-electron chi connectivity index (χ2n) is 6.96. The predicted molar refractivity (Wildman–Crippen MR) is 78.9 cm³/mol. The van der Waals surface area contributed by atoms with Gasteiger partial charge in [0.05, 0.1) is 0 Å². The number of rotatable bonds is 3. The highest BCUT2D eigenvalue weighted by Gasteiger charge is 2.37. The SMILES string of the molecule is CCC1(C)CN(C(C)C2CCCCC2)C(C)CN1. The molecule has 1 aliphatic carbocycles. The summed E-state index contributed by atoms with van der Waals surface area (Å²) < 4.78 is 0. The van der Waals surface area contributed by atoms with E-state index in [1.807, 2.05) is 0 Å². The average molecular weight is 252 g/mol. The van der Waals surface area contributed by atoms with Gasteiger partial charge in [-0.2, -0.15) is 0 Å². The molecule has 3 unspecified atom stereocenters. The van der Waals surface area contributed by atoms with Gasteiger partial charge in [0.2, 0.25) is 0 Å². The first-order chi connectivity index (χ1) is 8.56. The van der Waals surface area contributed by atoms with Gasteiger partial charge >= 0.3 is 0 Å². The minimum Gasteiger partial charge on any atom is -0.309 e. The maximum atomic E-state index is 3.74. The van der Waals surface area contributed by atoms with Crippen molar-refractivity contribution in [2.24, 2.45) is 5.92 Å². The first-order valence-electron chi connectivity index (χ1n) is 8.06. The molecule has 2 fully saturated rings. The second-order valence-corrected chi connectivity index (χ2v) is 6.96. The Kier molecular flexibility index (Phi) is 4.71. The molecule has 0 aromatic carbocycles. The lowest BCUT2D eigenvalue weighted by Gasteiger charge is -2.49. The van der Waals surface area contributed by atoms with Crippen molar-refractivity contribution in [3.63, 3.8) is 0 Å². The summed E-state index contributed by atoms with van der Waals surface area (Å²) in [7, 11) is 0. The summed E-state index contributed by atoms with van der Waals surface area (Å²) in [4.78, 5) is 2.79. The third kappa shape index (κ3) is 3.08. The van der Waals surface area contributed by atoms with Crippen LogP contribution in [0, 0.1) is 5.92 Å². The Bertz CT molecular complexity index is 260. The molecule has 0 spiro atoms. The Morgan fingerprint density at radius 3 is 2.56 bits per heavy atom. The summed E-state index contributed by atoms with van der Waals surface area (Å²) in [6, 6.07) is 1.47. The number of nitrogens with zero attached hydrogens (tertiary/aromatic N) is 1. The Balaban J connectivity index is 2.00. The molecule has 2 heteroatoms. The molecule has 0 radical (unpaired) electrons. The fourth-order valence-corrected chi connectivity index (χ4v) is 3.80. The van der Waals surface area contributed by atoms with E-state index < -0.39 is 0 Å². The zero-order chi connectivity index (χ0) is 13.2. The summed E-state index contributed by atoms with van der Waals surface area (Å²) >= 11 is 0. The van der Waals surface area contributed by atoms with E-state index in [9.17, 15) is 0 Å². The minimum absolute atomic E-state index is 0.329. The largest absolute Gasteiger partial charge is 0.309 e. The first-order valence-corrected chi connectivity index (χ1v) is 8.06. The van der Waals surface area contributed by atoms with Gasteiger partial charge in [-0.05, 0) is 46.0 Å². The van der Waals surface area contributed by atoms with Gasteiger partial charge in [0.15, 0.2) is 0 Å². The molecule has 18 heavy (non-hydrogen) atoms. The highest BCUT2D eigenvalue weighted by molar-refractivity contribution is 4.96. The Labute approximate surface area is 114 Å². The van der Waals surface area contributed by atoms with Crippen LogP contribution in [0.5, 0.6) is 0 Å². The first kappa shape index (κ1) is 14.3. The fraction of sp³-hybridized carbons (Fsp3) is 1.00. The van der Waals surface area contributed by atoms with Crippen molar-refractivity contribution in [1.82, 2.24) is 10.2 Å². The molecular weight excluding hydrogens is 220 g/mol. The van der Waals surface area contributed by atoms with Crippen LogP contribution in [0.4, 0.5) is 0 Å². The second kappa shape index (κ2) is 5.92. The molecule has 2 nitrogen and oxygen atoms in total. The molecule has 1 saturated heterocycles. The van der Waals surface area contributed by atoms with Crippen LogP contribution < -0.4 is 5.32 Å². The average Bonchev–Trinajstić information content (AvgIpc) is 2.42. The number of hydrogen-bond acceptors (Lipinski definition) is 2. The summed E-state index contributed by atoms with van der Waals surface area (Å²) in [6.45, 7) is 11.9. The lowest BCUT2D eigenvalue weighted by Crippen LogP contribution is -2.64. The van der Waals surface area contributed by atoms with Crippen LogP contribution in [0.2, 0.25) is 0 Å². The summed E-state index contributed by atoms with van der Waals surface area (Å²) in [5, 5.41) is 3.74.